The second-order valence-electron chi connectivity index (χ2n) is 5.60. The molecule has 2 aromatic carbocycles. The number of aryl methyl sites for hydroxylation is 1. The Kier molecular flexibility index (Phi) is 4.48. The highest BCUT2D eigenvalue weighted by Gasteiger charge is 2.22. The van der Waals surface area contributed by atoms with Gasteiger partial charge in [0.2, 0.25) is 0 Å². The lowest BCUT2D eigenvalue weighted by Crippen LogP contribution is -2.48. The van der Waals surface area contributed by atoms with E-state index in [1.54, 1.807) is 0 Å². The Morgan fingerprint density at radius 1 is 0.955 bits per heavy atom. The number of para-hydroxylation sites is 1. The lowest BCUT2D eigenvalue weighted by molar-refractivity contribution is 0.0747. The lowest BCUT2D eigenvalue weighted by Gasteiger charge is -2.36. The van der Waals surface area contributed by atoms with E-state index in [1.807, 2.05) is 48.2 Å². The van der Waals surface area contributed by atoms with E-state index in [0.717, 1.165) is 36.2 Å². The molecule has 1 amide bonds. The summed E-state index contributed by atoms with van der Waals surface area (Å²) < 4.78 is 1.10. The number of carbonyl (C=O) groups is 1. The second kappa shape index (κ2) is 6.53. The SMILES string of the molecule is Cc1ccc(C(=O)N2CCN(c3ccccc3Br)CC2)cc1. The molecular weight excluding hydrogens is 340 g/mol. The van der Waals surface area contributed by atoms with Gasteiger partial charge >= 0.3 is 0 Å². The highest BCUT2D eigenvalue weighted by molar-refractivity contribution is 9.10. The van der Waals surface area contributed by atoms with Crippen LogP contribution in [0, 0.1) is 6.92 Å². The van der Waals surface area contributed by atoms with Crippen molar-refractivity contribution >= 4 is 27.5 Å². The quantitative estimate of drug-likeness (QED) is 0.816. The molecule has 0 unspecified atom stereocenters. The maximum absolute atomic E-state index is 12.5. The molecule has 2 aromatic rings. The van der Waals surface area contributed by atoms with Crippen molar-refractivity contribution in [3.05, 3.63) is 64.1 Å². The third-order valence-electron chi connectivity index (χ3n) is 4.06. The minimum atomic E-state index is 0.131. The zero-order chi connectivity index (χ0) is 15.5. The van der Waals surface area contributed by atoms with E-state index in [9.17, 15) is 4.79 Å². The Labute approximate surface area is 139 Å². The standard InChI is InChI=1S/C18H19BrN2O/c1-14-6-8-15(9-7-14)18(22)21-12-10-20(11-13-21)17-5-3-2-4-16(17)19/h2-9H,10-13H2,1H3. The average Bonchev–Trinajstić information content (AvgIpc) is 2.56. The van der Waals surface area contributed by atoms with Crippen LogP contribution >= 0.6 is 15.9 Å². The first-order chi connectivity index (χ1) is 10.6. The molecule has 4 heteroatoms. The molecule has 1 heterocycles. The van der Waals surface area contributed by atoms with Crippen molar-refractivity contribution in [2.45, 2.75) is 6.92 Å². The van der Waals surface area contributed by atoms with Crippen molar-refractivity contribution in [2.24, 2.45) is 0 Å². The van der Waals surface area contributed by atoms with Crippen molar-refractivity contribution in [1.82, 2.24) is 4.90 Å². The topological polar surface area (TPSA) is 23.6 Å². The van der Waals surface area contributed by atoms with Gasteiger partial charge in [0.1, 0.15) is 0 Å². The summed E-state index contributed by atoms with van der Waals surface area (Å²) in [6.07, 6.45) is 0. The van der Waals surface area contributed by atoms with Gasteiger partial charge in [-0.1, -0.05) is 29.8 Å². The van der Waals surface area contributed by atoms with Crippen molar-refractivity contribution in [3.8, 4) is 0 Å². The van der Waals surface area contributed by atoms with Crippen LogP contribution < -0.4 is 4.90 Å². The van der Waals surface area contributed by atoms with E-state index in [1.165, 1.54) is 11.3 Å². The highest BCUT2D eigenvalue weighted by atomic mass is 79.9. The fraction of sp³-hybridized carbons (Fsp3) is 0.278. The number of carbonyl (C=O) groups excluding carboxylic acids is 1. The van der Waals surface area contributed by atoms with Gasteiger partial charge in [-0.15, -0.1) is 0 Å². The number of benzene rings is 2. The van der Waals surface area contributed by atoms with Crippen molar-refractivity contribution in [3.63, 3.8) is 0 Å². The summed E-state index contributed by atoms with van der Waals surface area (Å²) in [7, 11) is 0. The normalized spacial score (nSPS) is 15.0. The van der Waals surface area contributed by atoms with E-state index >= 15 is 0 Å². The van der Waals surface area contributed by atoms with Crippen molar-refractivity contribution in [1.29, 1.82) is 0 Å². The molecule has 114 valence electrons. The minimum absolute atomic E-state index is 0.131. The van der Waals surface area contributed by atoms with E-state index in [-0.39, 0.29) is 5.91 Å². The summed E-state index contributed by atoms with van der Waals surface area (Å²) in [4.78, 5) is 16.8. The van der Waals surface area contributed by atoms with Crippen LogP contribution in [0.3, 0.4) is 0 Å². The number of hydrogen-bond acceptors (Lipinski definition) is 2. The first-order valence-electron chi connectivity index (χ1n) is 7.50. The van der Waals surface area contributed by atoms with Crippen molar-refractivity contribution in [2.75, 3.05) is 31.1 Å². The molecule has 0 aromatic heterocycles. The molecule has 1 fully saturated rings. The second-order valence-corrected chi connectivity index (χ2v) is 6.45. The number of nitrogens with zero attached hydrogens (tertiary/aromatic N) is 2. The Morgan fingerprint density at radius 2 is 1.59 bits per heavy atom. The molecule has 22 heavy (non-hydrogen) atoms. The van der Waals surface area contributed by atoms with Crippen molar-refractivity contribution < 1.29 is 4.79 Å². The predicted molar refractivity (Wildman–Crippen MR) is 93.4 cm³/mol. The third-order valence-corrected chi connectivity index (χ3v) is 4.73. The van der Waals surface area contributed by atoms with E-state index < -0.39 is 0 Å². The molecular formula is C18H19BrN2O. The van der Waals surface area contributed by atoms with Crippen LogP contribution in [0.25, 0.3) is 0 Å². The lowest BCUT2D eigenvalue weighted by atomic mass is 10.1. The summed E-state index contributed by atoms with van der Waals surface area (Å²) in [5.41, 5.74) is 3.15. The van der Waals surface area contributed by atoms with Gasteiger partial charge in [-0.05, 0) is 47.1 Å². The zero-order valence-corrected chi connectivity index (χ0v) is 14.2. The van der Waals surface area contributed by atoms with Gasteiger partial charge in [0.05, 0.1) is 5.69 Å². The third kappa shape index (κ3) is 3.17. The monoisotopic (exact) mass is 358 g/mol. The van der Waals surface area contributed by atoms with E-state index in [4.69, 9.17) is 0 Å². The number of anilines is 1. The summed E-state index contributed by atoms with van der Waals surface area (Å²) in [6, 6.07) is 16.0. The van der Waals surface area contributed by atoms with Crippen LogP contribution in [0.5, 0.6) is 0 Å². The van der Waals surface area contributed by atoms with Crippen LogP contribution in [0.15, 0.2) is 53.0 Å². The fourth-order valence-electron chi connectivity index (χ4n) is 2.74. The number of rotatable bonds is 2. The highest BCUT2D eigenvalue weighted by Crippen LogP contribution is 2.26. The molecule has 0 N–H and O–H groups in total. The van der Waals surface area contributed by atoms with Gasteiger partial charge in [0.25, 0.3) is 5.91 Å². The van der Waals surface area contributed by atoms with Crippen LogP contribution in [-0.2, 0) is 0 Å². The van der Waals surface area contributed by atoms with Crippen LogP contribution in [0.2, 0.25) is 0 Å². The molecule has 0 aliphatic carbocycles. The summed E-state index contributed by atoms with van der Waals surface area (Å²) in [5.74, 6) is 0.131. The molecule has 0 radical (unpaired) electrons. The van der Waals surface area contributed by atoms with Gasteiger partial charge in [0.15, 0.2) is 0 Å². The maximum Gasteiger partial charge on any atom is 0.253 e. The van der Waals surface area contributed by atoms with Gasteiger partial charge < -0.3 is 9.80 Å². The van der Waals surface area contributed by atoms with Crippen LogP contribution in [-0.4, -0.2) is 37.0 Å². The average molecular weight is 359 g/mol. The van der Waals surface area contributed by atoms with Gasteiger partial charge in [-0.25, -0.2) is 0 Å². The summed E-state index contributed by atoms with van der Waals surface area (Å²) in [6.45, 7) is 5.27. The molecule has 0 spiro atoms. The molecule has 1 aliphatic heterocycles. The summed E-state index contributed by atoms with van der Waals surface area (Å²) >= 11 is 3.60. The Morgan fingerprint density at radius 3 is 2.23 bits per heavy atom. The smallest absolute Gasteiger partial charge is 0.253 e. The predicted octanol–water partition coefficient (Wildman–Crippen LogP) is 3.72. The summed E-state index contributed by atoms with van der Waals surface area (Å²) in [5, 5.41) is 0. The van der Waals surface area contributed by atoms with Crippen LogP contribution in [0.1, 0.15) is 15.9 Å². The Balaban J connectivity index is 1.65. The molecule has 0 atom stereocenters. The van der Waals surface area contributed by atoms with E-state index in [2.05, 4.69) is 33.0 Å². The maximum atomic E-state index is 12.5. The first kappa shape index (κ1) is 15.1. The minimum Gasteiger partial charge on any atom is -0.367 e. The Bertz CT molecular complexity index is 661. The number of piperazine rings is 1. The molecule has 1 aliphatic rings. The van der Waals surface area contributed by atoms with Gasteiger partial charge in [0, 0.05) is 36.2 Å². The van der Waals surface area contributed by atoms with Gasteiger partial charge in [-0.3, -0.25) is 4.79 Å². The fourth-order valence-corrected chi connectivity index (χ4v) is 3.27. The largest absolute Gasteiger partial charge is 0.367 e. The number of amides is 1. The van der Waals surface area contributed by atoms with Crippen LogP contribution in [0.4, 0.5) is 5.69 Å². The number of halogens is 1. The molecule has 0 bridgehead atoms. The molecule has 3 rings (SSSR count). The first-order valence-corrected chi connectivity index (χ1v) is 8.30. The molecule has 3 nitrogen and oxygen atoms in total. The van der Waals surface area contributed by atoms with E-state index in [0.29, 0.717) is 0 Å². The Hall–Kier alpha value is -1.81. The zero-order valence-electron chi connectivity index (χ0n) is 12.6. The molecule has 0 saturated carbocycles. The number of hydrogen-bond donors (Lipinski definition) is 0. The molecule has 1 saturated heterocycles. The van der Waals surface area contributed by atoms with Gasteiger partial charge in [-0.2, -0.15) is 0 Å².